The molecule has 1 aliphatic heterocycles. The Morgan fingerprint density at radius 2 is 2.00 bits per heavy atom. The maximum atomic E-state index is 12.3. The van der Waals surface area contributed by atoms with Crippen LogP contribution in [0, 0.1) is 11.3 Å². The predicted octanol–water partition coefficient (Wildman–Crippen LogP) is 4.00. The summed E-state index contributed by atoms with van der Waals surface area (Å²) in [6.45, 7) is 4.72. The average molecular weight is 434 g/mol. The third kappa shape index (κ3) is 6.09. The van der Waals surface area contributed by atoms with Crippen molar-refractivity contribution in [3.8, 4) is 17.4 Å². The second kappa shape index (κ2) is 10.5. The summed E-state index contributed by atoms with van der Waals surface area (Å²) in [7, 11) is 0. The van der Waals surface area contributed by atoms with Gasteiger partial charge in [-0.05, 0) is 43.3 Å². The number of hydrogen-bond donors (Lipinski definition) is 1. The lowest BCUT2D eigenvalue weighted by atomic mass is 10.2. The molecule has 2 aromatic rings. The molecule has 8 heteroatoms. The first-order valence-electron chi connectivity index (χ1n) is 9.32. The van der Waals surface area contributed by atoms with E-state index in [4.69, 9.17) is 32.4 Å². The Labute approximate surface area is 179 Å². The van der Waals surface area contributed by atoms with Crippen molar-refractivity contribution in [2.24, 2.45) is 0 Å². The molecule has 0 unspecified atom stereocenters. The third-order valence-corrected chi connectivity index (χ3v) is 5.26. The highest BCUT2D eigenvalue weighted by atomic mass is 35.5. The van der Waals surface area contributed by atoms with E-state index < -0.39 is 5.91 Å². The molecule has 152 valence electrons. The number of carbonyl (C=O) groups is 1. The summed E-state index contributed by atoms with van der Waals surface area (Å²) < 4.78 is 11.0. The predicted molar refractivity (Wildman–Crippen MR) is 113 cm³/mol. The molecule has 1 fully saturated rings. The molecule has 1 saturated heterocycles. The van der Waals surface area contributed by atoms with Crippen LogP contribution in [0.25, 0.3) is 17.4 Å². The minimum absolute atomic E-state index is 0.00795. The molecule has 6 nitrogen and oxygen atoms in total. The summed E-state index contributed by atoms with van der Waals surface area (Å²) in [5, 5.41) is 13.0. The highest BCUT2D eigenvalue weighted by Gasteiger charge is 2.13. The number of rotatable bonds is 7. The molecule has 3 rings (SSSR count). The summed E-state index contributed by atoms with van der Waals surface area (Å²) in [4.78, 5) is 14.6. The van der Waals surface area contributed by atoms with E-state index in [0.717, 1.165) is 44.8 Å². The SMILES string of the molecule is N#C/C(=C\c1ccc(-c2ccc(Cl)c(Cl)c2)o1)C(=O)NCCCN1CCOCC1. The first-order chi connectivity index (χ1) is 14.1. The number of furan rings is 1. The molecular formula is C21H21Cl2N3O3. The molecule has 1 aliphatic rings. The van der Waals surface area contributed by atoms with Crippen LogP contribution in [0.5, 0.6) is 0 Å². The van der Waals surface area contributed by atoms with Gasteiger partial charge in [-0.25, -0.2) is 0 Å². The third-order valence-electron chi connectivity index (χ3n) is 4.52. The van der Waals surface area contributed by atoms with Crippen LogP contribution in [-0.2, 0) is 9.53 Å². The molecule has 0 radical (unpaired) electrons. The molecule has 1 amide bonds. The van der Waals surface area contributed by atoms with Gasteiger partial charge in [0.05, 0.1) is 23.3 Å². The van der Waals surface area contributed by atoms with Crippen molar-refractivity contribution in [2.45, 2.75) is 6.42 Å². The number of nitrogens with zero attached hydrogens (tertiary/aromatic N) is 2. The molecule has 0 atom stereocenters. The van der Waals surface area contributed by atoms with Crippen molar-refractivity contribution < 1.29 is 13.9 Å². The summed E-state index contributed by atoms with van der Waals surface area (Å²) >= 11 is 12.0. The van der Waals surface area contributed by atoms with E-state index in [2.05, 4.69) is 10.2 Å². The van der Waals surface area contributed by atoms with Crippen molar-refractivity contribution in [2.75, 3.05) is 39.4 Å². The lowest BCUT2D eigenvalue weighted by Crippen LogP contribution is -2.38. The van der Waals surface area contributed by atoms with Crippen molar-refractivity contribution in [3.63, 3.8) is 0 Å². The van der Waals surface area contributed by atoms with Gasteiger partial charge >= 0.3 is 0 Å². The molecular weight excluding hydrogens is 413 g/mol. The number of amides is 1. The van der Waals surface area contributed by atoms with E-state index in [9.17, 15) is 10.1 Å². The van der Waals surface area contributed by atoms with Crippen LogP contribution in [0.3, 0.4) is 0 Å². The van der Waals surface area contributed by atoms with Gasteiger partial charge in [0.15, 0.2) is 0 Å². The van der Waals surface area contributed by atoms with Crippen molar-refractivity contribution >= 4 is 35.2 Å². The maximum absolute atomic E-state index is 12.3. The maximum Gasteiger partial charge on any atom is 0.262 e. The first-order valence-corrected chi connectivity index (χ1v) is 10.1. The fourth-order valence-corrected chi connectivity index (χ4v) is 3.25. The normalized spacial score (nSPS) is 15.1. The van der Waals surface area contributed by atoms with E-state index >= 15 is 0 Å². The van der Waals surface area contributed by atoms with Crippen LogP contribution < -0.4 is 5.32 Å². The van der Waals surface area contributed by atoms with Crippen molar-refractivity contribution in [1.29, 1.82) is 5.26 Å². The lowest BCUT2D eigenvalue weighted by Gasteiger charge is -2.26. The Hall–Kier alpha value is -2.30. The van der Waals surface area contributed by atoms with Gasteiger partial charge in [0.25, 0.3) is 5.91 Å². The van der Waals surface area contributed by atoms with Gasteiger partial charge in [-0.2, -0.15) is 5.26 Å². The summed E-state index contributed by atoms with van der Waals surface area (Å²) in [5.74, 6) is 0.561. The molecule has 0 bridgehead atoms. The number of nitriles is 1. The molecule has 2 heterocycles. The molecule has 1 aromatic heterocycles. The van der Waals surface area contributed by atoms with Crippen LogP contribution in [0.15, 0.2) is 40.3 Å². The zero-order valence-corrected chi connectivity index (χ0v) is 17.3. The number of benzene rings is 1. The van der Waals surface area contributed by atoms with Crippen LogP contribution in [0.1, 0.15) is 12.2 Å². The smallest absolute Gasteiger partial charge is 0.262 e. The Bertz CT molecular complexity index is 927. The van der Waals surface area contributed by atoms with Crippen LogP contribution in [0.2, 0.25) is 10.0 Å². The second-order valence-corrected chi connectivity index (χ2v) is 7.38. The summed E-state index contributed by atoms with van der Waals surface area (Å²) in [5.41, 5.74) is 0.747. The molecule has 0 saturated carbocycles. The molecule has 1 aromatic carbocycles. The van der Waals surface area contributed by atoms with Gasteiger partial charge in [0.2, 0.25) is 0 Å². The monoisotopic (exact) mass is 433 g/mol. The first kappa shape index (κ1) is 21.4. The highest BCUT2D eigenvalue weighted by molar-refractivity contribution is 6.42. The minimum Gasteiger partial charge on any atom is -0.457 e. The summed E-state index contributed by atoms with van der Waals surface area (Å²) in [6, 6.07) is 10.5. The van der Waals surface area contributed by atoms with Crippen molar-refractivity contribution in [3.05, 3.63) is 51.7 Å². The fourth-order valence-electron chi connectivity index (χ4n) is 2.95. The second-order valence-electron chi connectivity index (χ2n) is 6.56. The largest absolute Gasteiger partial charge is 0.457 e. The number of ether oxygens (including phenoxy) is 1. The van der Waals surface area contributed by atoms with Crippen LogP contribution in [0.4, 0.5) is 0 Å². The number of morpholine rings is 1. The number of nitrogens with one attached hydrogen (secondary N) is 1. The highest BCUT2D eigenvalue weighted by Crippen LogP contribution is 2.30. The Balaban J connectivity index is 1.56. The lowest BCUT2D eigenvalue weighted by molar-refractivity contribution is -0.117. The van der Waals surface area contributed by atoms with E-state index in [1.807, 2.05) is 6.07 Å². The molecule has 29 heavy (non-hydrogen) atoms. The van der Waals surface area contributed by atoms with E-state index in [1.54, 1.807) is 30.3 Å². The van der Waals surface area contributed by atoms with Gasteiger partial charge in [-0.15, -0.1) is 0 Å². The van der Waals surface area contributed by atoms with E-state index in [-0.39, 0.29) is 5.57 Å². The fraction of sp³-hybridized carbons (Fsp3) is 0.333. The topological polar surface area (TPSA) is 78.5 Å². The zero-order valence-electron chi connectivity index (χ0n) is 15.8. The number of carbonyl (C=O) groups excluding carboxylic acids is 1. The summed E-state index contributed by atoms with van der Waals surface area (Å²) in [6.07, 6.45) is 2.24. The molecule has 1 N–H and O–H groups in total. The van der Waals surface area contributed by atoms with Gasteiger partial charge in [0, 0.05) is 31.3 Å². The zero-order chi connectivity index (χ0) is 20.6. The number of halogens is 2. The molecule has 0 aliphatic carbocycles. The van der Waals surface area contributed by atoms with Gasteiger partial charge in [-0.1, -0.05) is 23.2 Å². The van der Waals surface area contributed by atoms with Crippen molar-refractivity contribution in [1.82, 2.24) is 10.2 Å². The van der Waals surface area contributed by atoms with Crippen LogP contribution >= 0.6 is 23.2 Å². The van der Waals surface area contributed by atoms with E-state index in [0.29, 0.717) is 28.1 Å². The van der Waals surface area contributed by atoms with Gasteiger partial charge < -0.3 is 14.5 Å². The molecule has 0 spiro atoms. The standard InChI is InChI=1S/C21H21Cl2N3O3/c22-18-4-2-15(13-19(18)23)20-5-3-17(29-20)12-16(14-24)21(27)25-6-1-7-26-8-10-28-11-9-26/h2-5,12-13H,1,6-11H2,(H,25,27)/b16-12+. The van der Waals surface area contributed by atoms with Crippen LogP contribution in [-0.4, -0.2) is 50.2 Å². The Kier molecular flexibility index (Phi) is 7.73. The van der Waals surface area contributed by atoms with Gasteiger partial charge in [-0.3, -0.25) is 9.69 Å². The quantitative estimate of drug-likeness (QED) is 0.405. The van der Waals surface area contributed by atoms with E-state index in [1.165, 1.54) is 6.08 Å². The Morgan fingerprint density at radius 3 is 2.72 bits per heavy atom. The number of hydrogen-bond acceptors (Lipinski definition) is 5. The minimum atomic E-state index is -0.415. The Morgan fingerprint density at radius 1 is 1.21 bits per heavy atom. The average Bonchev–Trinajstić information content (AvgIpc) is 3.20. The van der Waals surface area contributed by atoms with Gasteiger partial charge in [0.1, 0.15) is 23.2 Å².